The van der Waals surface area contributed by atoms with Crippen LogP contribution in [0.4, 0.5) is 5.69 Å². The monoisotopic (exact) mass is 347 g/mol. The lowest BCUT2D eigenvalue weighted by molar-refractivity contribution is 0.101. The first-order valence-corrected chi connectivity index (χ1v) is 7.36. The van der Waals surface area contributed by atoms with E-state index in [1.807, 2.05) is 36.4 Å². The van der Waals surface area contributed by atoms with Gasteiger partial charge in [0.25, 0.3) is 0 Å². The number of nitrogens with one attached hydrogen (secondary N) is 1. The molecule has 1 N–H and O–H groups in total. The van der Waals surface area contributed by atoms with Gasteiger partial charge in [-0.2, -0.15) is 0 Å². The second-order valence-electron chi connectivity index (χ2n) is 4.75. The maximum atomic E-state index is 11.6. The van der Waals surface area contributed by atoms with Crippen LogP contribution in [0.15, 0.2) is 40.9 Å². The molecule has 0 saturated heterocycles. The Morgan fingerprint density at radius 1 is 1.24 bits per heavy atom. The van der Waals surface area contributed by atoms with Gasteiger partial charge in [0.2, 0.25) is 6.79 Å². The molecule has 0 aromatic heterocycles. The van der Waals surface area contributed by atoms with E-state index in [0.29, 0.717) is 12.1 Å². The van der Waals surface area contributed by atoms with E-state index in [4.69, 9.17) is 9.47 Å². The minimum Gasteiger partial charge on any atom is -0.454 e. The molecule has 1 heterocycles. The Morgan fingerprint density at radius 2 is 1.95 bits per heavy atom. The topological polar surface area (TPSA) is 47.6 Å². The summed E-state index contributed by atoms with van der Waals surface area (Å²) >= 11 is 3.53. The van der Waals surface area contributed by atoms with Crippen LogP contribution in [-0.4, -0.2) is 12.6 Å². The summed E-state index contributed by atoms with van der Waals surface area (Å²) in [5.41, 5.74) is 2.56. The second-order valence-corrected chi connectivity index (χ2v) is 5.61. The number of hydrogen-bond acceptors (Lipinski definition) is 4. The quantitative estimate of drug-likeness (QED) is 0.849. The van der Waals surface area contributed by atoms with Gasteiger partial charge in [-0.15, -0.1) is 0 Å². The van der Waals surface area contributed by atoms with Crippen LogP contribution in [0.1, 0.15) is 22.8 Å². The number of Topliss-reactive ketones (excluding diaryl/α,β-unsaturated/α-hetero) is 1. The van der Waals surface area contributed by atoms with Gasteiger partial charge in [-0.05, 0) is 36.8 Å². The molecule has 4 nitrogen and oxygen atoms in total. The van der Waals surface area contributed by atoms with Gasteiger partial charge in [0, 0.05) is 22.3 Å². The van der Waals surface area contributed by atoms with Crippen molar-refractivity contribution in [1.82, 2.24) is 0 Å². The summed E-state index contributed by atoms with van der Waals surface area (Å²) in [5.74, 6) is 1.53. The fourth-order valence-corrected chi connectivity index (χ4v) is 2.69. The summed E-state index contributed by atoms with van der Waals surface area (Å²) in [4.78, 5) is 11.6. The molecular formula is C16H14BrNO3. The van der Waals surface area contributed by atoms with Crippen LogP contribution >= 0.6 is 15.9 Å². The fraction of sp³-hybridized carbons (Fsp3) is 0.188. The first kappa shape index (κ1) is 13.9. The highest BCUT2D eigenvalue weighted by atomic mass is 79.9. The third-order valence-electron chi connectivity index (χ3n) is 3.32. The van der Waals surface area contributed by atoms with Crippen molar-refractivity contribution in [3.8, 4) is 11.5 Å². The maximum Gasteiger partial charge on any atom is 0.231 e. The van der Waals surface area contributed by atoms with Gasteiger partial charge in [0.1, 0.15) is 0 Å². The molecule has 0 aliphatic carbocycles. The zero-order valence-corrected chi connectivity index (χ0v) is 13.1. The molecule has 0 bridgehead atoms. The summed E-state index contributed by atoms with van der Waals surface area (Å²) in [6.45, 7) is 2.41. The van der Waals surface area contributed by atoms with Crippen LogP contribution < -0.4 is 14.8 Å². The van der Waals surface area contributed by atoms with Gasteiger partial charge >= 0.3 is 0 Å². The van der Waals surface area contributed by atoms with Crippen molar-refractivity contribution < 1.29 is 14.3 Å². The van der Waals surface area contributed by atoms with Gasteiger partial charge in [0.15, 0.2) is 17.3 Å². The number of carbonyl (C=O) groups excluding carboxylic acids is 1. The Labute approximate surface area is 131 Å². The molecule has 5 heteroatoms. The lowest BCUT2D eigenvalue weighted by atomic mass is 10.1. The van der Waals surface area contributed by atoms with E-state index < -0.39 is 0 Å². The van der Waals surface area contributed by atoms with Crippen molar-refractivity contribution in [1.29, 1.82) is 0 Å². The van der Waals surface area contributed by atoms with Crippen molar-refractivity contribution in [2.24, 2.45) is 0 Å². The third kappa shape index (κ3) is 2.88. The molecule has 21 heavy (non-hydrogen) atoms. The highest BCUT2D eigenvalue weighted by molar-refractivity contribution is 9.10. The number of carbonyl (C=O) groups is 1. The van der Waals surface area contributed by atoms with Gasteiger partial charge in [-0.3, -0.25) is 4.79 Å². The molecule has 0 radical (unpaired) electrons. The molecule has 0 fully saturated rings. The molecule has 0 spiro atoms. The molecule has 0 amide bonds. The van der Waals surface area contributed by atoms with E-state index in [1.54, 1.807) is 6.92 Å². The van der Waals surface area contributed by atoms with E-state index in [0.717, 1.165) is 27.2 Å². The Kier molecular flexibility index (Phi) is 3.84. The lowest BCUT2D eigenvalue weighted by Crippen LogP contribution is -2.05. The van der Waals surface area contributed by atoms with Crippen LogP contribution in [0.5, 0.6) is 11.5 Å². The average Bonchev–Trinajstić information content (AvgIpc) is 2.92. The standard InChI is InChI=1S/C16H14BrNO3/c1-10(19)12-4-2-3-5-14(12)18-8-11-6-15-16(7-13(11)17)21-9-20-15/h2-7,18H,8-9H2,1H3. The summed E-state index contributed by atoms with van der Waals surface area (Å²) in [7, 11) is 0. The summed E-state index contributed by atoms with van der Waals surface area (Å²) in [5, 5.41) is 3.30. The molecular weight excluding hydrogens is 334 g/mol. The fourth-order valence-electron chi connectivity index (χ4n) is 2.23. The number of halogens is 1. The van der Waals surface area contributed by atoms with Crippen molar-refractivity contribution in [2.75, 3.05) is 12.1 Å². The maximum absolute atomic E-state index is 11.6. The van der Waals surface area contributed by atoms with Crippen molar-refractivity contribution >= 4 is 27.4 Å². The summed E-state index contributed by atoms with van der Waals surface area (Å²) in [6.07, 6.45) is 0. The molecule has 2 aromatic carbocycles. The van der Waals surface area contributed by atoms with Gasteiger partial charge in [-0.25, -0.2) is 0 Å². The zero-order valence-electron chi connectivity index (χ0n) is 11.5. The summed E-state index contributed by atoms with van der Waals surface area (Å²) < 4.78 is 11.7. The number of rotatable bonds is 4. The van der Waals surface area contributed by atoms with E-state index in [2.05, 4.69) is 21.2 Å². The minimum atomic E-state index is 0.0443. The molecule has 0 atom stereocenters. The number of para-hydroxylation sites is 1. The molecule has 1 aliphatic heterocycles. The molecule has 0 saturated carbocycles. The molecule has 1 aliphatic rings. The first-order valence-electron chi connectivity index (χ1n) is 6.57. The Morgan fingerprint density at radius 3 is 2.71 bits per heavy atom. The lowest BCUT2D eigenvalue weighted by Gasteiger charge is -2.12. The average molecular weight is 348 g/mol. The number of hydrogen-bond donors (Lipinski definition) is 1. The van der Waals surface area contributed by atoms with Crippen molar-refractivity contribution in [3.63, 3.8) is 0 Å². The Bertz CT molecular complexity index is 700. The van der Waals surface area contributed by atoms with Gasteiger partial charge in [-0.1, -0.05) is 28.1 Å². The first-order chi connectivity index (χ1) is 10.1. The van der Waals surface area contributed by atoms with Crippen LogP contribution in [0.3, 0.4) is 0 Å². The largest absolute Gasteiger partial charge is 0.454 e. The molecule has 0 unspecified atom stereocenters. The Hall–Kier alpha value is -2.01. The third-order valence-corrected chi connectivity index (χ3v) is 4.06. The Balaban J connectivity index is 1.81. The number of benzene rings is 2. The van der Waals surface area contributed by atoms with E-state index in [1.165, 1.54) is 0 Å². The highest BCUT2D eigenvalue weighted by Gasteiger charge is 2.16. The smallest absolute Gasteiger partial charge is 0.231 e. The van der Waals surface area contributed by atoms with Gasteiger partial charge < -0.3 is 14.8 Å². The minimum absolute atomic E-state index is 0.0443. The number of anilines is 1. The van der Waals surface area contributed by atoms with Crippen molar-refractivity contribution in [3.05, 3.63) is 52.0 Å². The van der Waals surface area contributed by atoms with Crippen LogP contribution in [-0.2, 0) is 6.54 Å². The van der Waals surface area contributed by atoms with E-state index >= 15 is 0 Å². The predicted octanol–water partition coefficient (Wildman–Crippen LogP) is 3.99. The van der Waals surface area contributed by atoms with Crippen LogP contribution in [0.25, 0.3) is 0 Å². The van der Waals surface area contributed by atoms with E-state index in [9.17, 15) is 4.79 Å². The highest BCUT2D eigenvalue weighted by Crippen LogP contribution is 2.37. The molecule has 108 valence electrons. The number of ether oxygens (including phenoxy) is 2. The molecule has 3 rings (SSSR count). The van der Waals surface area contributed by atoms with Crippen LogP contribution in [0, 0.1) is 0 Å². The predicted molar refractivity (Wildman–Crippen MR) is 84.0 cm³/mol. The van der Waals surface area contributed by atoms with Crippen molar-refractivity contribution in [2.45, 2.75) is 13.5 Å². The molecule has 2 aromatic rings. The number of fused-ring (bicyclic) bond motifs is 1. The summed E-state index contributed by atoms with van der Waals surface area (Å²) in [6, 6.07) is 11.3. The zero-order chi connectivity index (χ0) is 14.8. The SMILES string of the molecule is CC(=O)c1ccccc1NCc1cc2c(cc1Br)OCO2. The second kappa shape index (κ2) is 5.77. The van der Waals surface area contributed by atoms with E-state index in [-0.39, 0.29) is 12.6 Å². The number of ketones is 1. The van der Waals surface area contributed by atoms with Gasteiger partial charge in [0.05, 0.1) is 0 Å². The van der Waals surface area contributed by atoms with Crippen LogP contribution in [0.2, 0.25) is 0 Å². The normalized spacial score (nSPS) is 12.3.